The number of hydrogen-bond donors (Lipinski definition) is 0. The van der Waals surface area contributed by atoms with Crippen molar-refractivity contribution in [2.45, 2.75) is 31.8 Å². The summed E-state index contributed by atoms with van der Waals surface area (Å²) in [7, 11) is 0. The molecule has 3 nitrogen and oxygen atoms in total. The summed E-state index contributed by atoms with van der Waals surface area (Å²) in [6, 6.07) is 0. The van der Waals surface area contributed by atoms with Crippen molar-refractivity contribution in [3.05, 3.63) is 22.5 Å². The topological polar surface area (TPSA) is 31.4 Å². The van der Waals surface area contributed by atoms with Crippen molar-refractivity contribution in [1.82, 2.24) is 4.98 Å². The smallest absolute Gasteiger partial charge is 0.183 e. The van der Waals surface area contributed by atoms with Gasteiger partial charge >= 0.3 is 0 Å². The van der Waals surface area contributed by atoms with Gasteiger partial charge in [-0.3, -0.25) is 0 Å². The number of halogens is 1. The Kier molecular flexibility index (Phi) is 2.55. The second-order valence-corrected chi connectivity index (χ2v) is 5.25. The predicted octanol–water partition coefficient (Wildman–Crippen LogP) is 2.82. The SMILES string of the molecule is [CH2]C1OC(C)(C)OC1c1cnc(Cl)s1. The Hall–Kier alpha value is -0.160. The average Bonchev–Trinajstić information content (AvgIpc) is 2.55. The molecule has 2 unspecified atom stereocenters. The maximum atomic E-state index is 5.75. The highest BCUT2D eigenvalue weighted by Crippen LogP contribution is 2.40. The zero-order chi connectivity index (χ0) is 10.3. The maximum Gasteiger partial charge on any atom is 0.183 e. The lowest BCUT2D eigenvalue weighted by molar-refractivity contribution is -0.143. The van der Waals surface area contributed by atoms with Gasteiger partial charge in [-0.05, 0) is 20.8 Å². The molecule has 1 saturated heterocycles. The van der Waals surface area contributed by atoms with Crippen LogP contribution < -0.4 is 0 Å². The first-order valence-corrected chi connectivity index (χ1v) is 5.47. The molecular formula is C9H11ClNO2S. The van der Waals surface area contributed by atoms with Crippen LogP contribution in [0.5, 0.6) is 0 Å². The molecule has 0 aliphatic carbocycles. The Labute approximate surface area is 92.0 Å². The normalized spacial score (nSPS) is 30.9. The summed E-state index contributed by atoms with van der Waals surface area (Å²) in [5.41, 5.74) is 0. The fourth-order valence-electron chi connectivity index (χ4n) is 1.47. The third kappa shape index (κ3) is 1.93. The van der Waals surface area contributed by atoms with Gasteiger partial charge in [-0.25, -0.2) is 4.98 Å². The van der Waals surface area contributed by atoms with E-state index in [9.17, 15) is 0 Å². The maximum absolute atomic E-state index is 5.75. The lowest BCUT2D eigenvalue weighted by atomic mass is 10.2. The molecule has 2 rings (SSSR count). The van der Waals surface area contributed by atoms with E-state index in [4.69, 9.17) is 21.1 Å². The molecule has 1 aromatic heterocycles. The lowest BCUT2D eigenvalue weighted by Gasteiger charge is -2.16. The number of ether oxygens (including phenoxy) is 2. The molecule has 0 amide bonds. The monoisotopic (exact) mass is 232 g/mol. The molecule has 0 bridgehead atoms. The summed E-state index contributed by atoms with van der Waals surface area (Å²) in [6.45, 7) is 7.63. The Bertz CT molecular complexity index is 339. The van der Waals surface area contributed by atoms with Gasteiger partial charge in [0.2, 0.25) is 0 Å². The molecule has 0 N–H and O–H groups in total. The van der Waals surface area contributed by atoms with Gasteiger partial charge in [0.15, 0.2) is 10.3 Å². The number of hydrogen-bond acceptors (Lipinski definition) is 4. The van der Waals surface area contributed by atoms with E-state index >= 15 is 0 Å². The van der Waals surface area contributed by atoms with Crippen LogP contribution in [0.3, 0.4) is 0 Å². The van der Waals surface area contributed by atoms with Crippen LogP contribution in [0.2, 0.25) is 4.47 Å². The molecule has 14 heavy (non-hydrogen) atoms. The summed E-state index contributed by atoms with van der Waals surface area (Å²) >= 11 is 7.15. The van der Waals surface area contributed by atoms with Gasteiger partial charge in [-0.2, -0.15) is 0 Å². The van der Waals surface area contributed by atoms with Gasteiger partial charge in [0, 0.05) is 6.20 Å². The highest BCUT2D eigenvalue weighted by Gasteiger charge is 2.40. The van der Waals surface area contributed by atoms with Crippen LogP contribution in [0.15, 0.2) is 6.20 Å². The summed E-state index contributed by atoms with van der Waals surface area (Å²) < 4.78 is 11.7. The van der Waals surface area contributed by atoms with Crippen molar-refractivity contribution in [3.8, 4) is 0 Å². The van der Waals surface area contributed by atoms with E-state index in [-0.39, 0.29) is 12.2 Å². The lowest BCUT2D eigenvalue weighted by Crippen LogP contribution is -2.20. The predicted molar refractivity (Wildman–Crippen MR) is 55.3 cm³/mol. The van der Waals surface area contributed by atoms with Crippen molar-refractivity contribution in [3.63, 3.8) is 0 Å². The fraction of sp³-hybridized carbons (Fsp3) is 0.556. The van der Waals surface area contributed by atoms with Crippen LogP contribution in [-0.4, -0.2) is 16.9 Å². The highest BCUT2D eigenvalue weighted by atomic mass is 35.5. The number of rotatable bonds is 1. The van der Waals surface area contributed by atoms with Crippen molar-refractivity contribution >= 4 is 22.9 Å². The van der Waals surface area contributed by atoms with Crippen LogP contribution in [-0.2, 0) is 9.47 Å². The third-order valence-corrected chi connectivity index (χ3v) is 3.14. The summed E-state index contributed by atoms with van der Waals surface area (Å²) in [4.78, 5) is 4.92. The van der Waals surface area contributed by atoms with E-state index in [1.807, 2.05) is 13.8 Å². The molecule has 0 saturated carbocycles. The second kappa shape index (κ2) is 3.45. The first kappa shape index (κ1) is 10.4. The fourth-order valence-corrected chi connectivity index (χ4v) is 2.51. The van der Waals surface area contributed by atoms with Crippen LogP contribution in [0, 0.1) is 6.92 Å². The molecule has 1 radical (unpaired) electrons. The van der Waals surface area contributed by atoms with Crippen molar-refractivity contribution < 1.29 is 9.47 Å². The number of nitrogens with zero attached hydrogens (tertiary/aromatic N) is 1. The van der Waals surface area contributed by atoms with E-state index in [0.29, 0.717) is 4.47 Å². The minimum Gasteiger partial charge on any atom is -0.344 e. The van der Waals surface area contributed by atoms with Gasteiger partial charge in [0.05, 0.1) is 11.0 Å². The summed E-state index contributed by atoms with van der Waals surface area (Å²) in [5, 5.41) is 0. The first-order chi connectivity index (χ1) is 6.48. The zero-order valence-corrected chi connectivity index (χ0v) is 9.56. The molecule has 0 spiro atoms. The molecule has 2 heterocycles. The van der Waals surface area contributed by atoms with Crippen LogP contribution in [0.1, 0.15) is 24.8 Å². The number of thiazole rings is 1. The van der Waals surface area contributed by atoms with Crippen LogP contribution >= 0.6 is 22.9 Å². The van der Waals surface area contributed by atoms with Gasteiger partial charge in [-0.15, -0.1) is 11.3 Å². The van der Waals surface area contributed by atoms with Gasteiger partial charge in [-0.1, -0.05) is 11.6 Å². The minimum atomic E-state index is -0.576. The molecule has 5 heteroatoms. The van der Waals surface area contributed by atoms with E-state index in [2.05, 4.69) is 11.9 Å². The minimum absolute atomic E-state index is 0.157. The van der Waals surface area contributed by atoms with Crippen LogP contribution in [0.4, 0.5) is 0 Å². The Morgan fingerprint density at radius 1 is 1.57 bits per heavy atom. The second-order valence-electron chi connectivity index (χ2n) is 3.61. The van der Waals surface area contributed by atoms with E-state index < -0.39 is 5.79 Å². The molecule has 1 aliphatic heterocycles. The van der Waals surface area contributed by atoms with E-state index in [1.54, 1.807) is 6.20 Å². The summed E-state index contributed by atoms with van der Waals surface area (Å²) in [5.74, 6) is -0.576. The molecule has 77 valence electrons. The third-order valence-electron chi connectivity index (χ3n) is 1.96. The summed E-state index contributed by atoms with van der Waals surface area (Å²) in [6.07, 6.45) is 1.34. The molecular weight excluding hydrogens is 222 g/mol. The van der Waals surface area contributed by atoms with Crippen LogP contribution in [0.25, 0.3) is 0 Å². The largest absolute Gasteiger partial charge is 0.344 e. The number of aromatic nitrogens is 1. The first-order valence-electron chi connectivity index (χ1n) is 4.28. The molecule has 0 aromatic carbocycles. The molecule has 1 fully saturated rings. The van der Waals surface area contributed by atoms with Gasteiger partial charge in [0.25, 0.3) is 0 Å². The van der Waals surface area contributed by atoms with Crippen molar-refractivity contribution in [2.75, 3.05) is 0 Å². The van der Waals surface area contributed by atoms with Crippen molar-refractivity contribution in [2.24, 2.45) is 0 Å². The van der Waals surface area contributed by atoms with Gasteiger partial charge in [0.1, 0.15) is 6.10 Å². The van der Waals surface area contributed by atoms with E-state index in [0.717, 1.165) is 4.88 Å². The van der Waals surface area contributed by atoms with Crippen molar-refractivity contribution in [1.29, 1.82) is 0 Å². The van der Waals surface area contributed by atoms with E-state index in [1.165, 1.54) is 11.3 Å². The molecule has 1 aromatic rings. The molecule has 1 aliphatic rings. The quantitative estimate of drug-likeness (QED) is 0.746. The highest BCUT2D eigenvalue weighted by molar-refractivity contribution is 7.15. The van der Waals surface area contributed by atoms with Gasteiger partial charge < -0.3 is 9.47 Å². The average molecular weight is 233 g/mol. The zero-order valence-electron chi connectivity index (χ0n) is 7.99. The Morgan fingerprint density at radius 3 is 2.71 bits per heavy atom. The molecule has 2 atom stereocenters. The standard InChI is InChI=1S/C9H11ClNO2S/c1-5-7(13-9(2,3)12-5)6-4-11-8(10)14-6/h4-5,7H,1H2,2-3H3. The Morgan fingerprint density at radius 2 is 2.29 bits per heavy atom. The Balaban J connectivity index is 2.20.